The van der Waals surface area contributed by atoms with Gasteiger partial charge in [-0.15, -0.1) is 0 Å². The summed E-state index contributed by atoms with van der Waals surface area (Å²) < 4.78 is 35.4. The molecule has 0 spiro atoms. The van der Waals surface area contributed by atoms with Gasteiger partial charge in [-0.3, -0.25) is 0 Å². The van der Waals surface area contributed by atoms with E-state index in [1.807, 2.05) is 24.3 Å². The minimum Gasteiger partial charge on any atom is -0.462 e. The fraction of sp³-hybridized carbons (Fsp3) is 0.188. The quantitative estimate of drug-likeness (QED) is 0.807. The number of alkyl halides is 2. The Hall–Kier alpha value is -1.86. The van der Waals surface area contributed by atoms with Crippen LogP contribution in [0.5, 0.6) is 5.75 Å². The Morgan fingerprint density at radius 3 is 2.58 bits per heavy atom. The van der Waals surface area contributed by atoms with E-state index in [1.165, 1.54) is 12.1 Å². The molecule has 0 bridgehead atoms. The van der Waals surface area contributed by atoms with Crippen LogP contribution in [0, 0.1) is 0 Å². The Labute approximate surface area is 150 Å². The van der Waals surface area contributed by atoms with Crippen LogP contribution in [0.2, 0.25) is 5.02 Å². The Morgan fingerprint density at radius 2 is 2.00 bits per heavy atom. The van der Waals surface area contributed by atoms with Gasteiger partial charge in [0.15, 0.2) is 5.54 Å². The molecule has 1 aliphatic rings. The Balaban J connectivity index is 2.10. The fourth-order valence-electron chi connectivity index (χ4n) is 2.59. The highest BCUT2D eigenvalue weighted by Crippen LogP contribution is 2.41. The van der Waals surface area contributed by atoms with Gasteiger partial charge in [-0.25, -0.2) is 4.99 Å². The van der Waals surface area contributed by atoms with Crippen molar-refractivity contribution < 1.29 is 18.3 Å². The fourth-order valence-corrected chi connectivity index (χ4v) is 3.21. The summed E-state index contributed by atoms with van der Waals surface area (Å²) in [5, 5.41) is 0.0582. The van der Waals surface area contributed by atoms with Crippen molar-refractivity contribution in [3.05, 3.63) is 63.1 Å². The molecule has 2 aromatic carbocycles. The molecule has 1 heterocycles. The molecule has 4 nitrogen and oxygen atoms in total. The van der Waals surface area contributed by atoms with Gasteiger partial charge in [-0.05, 0) is 35.4 Å². The zero-order valence-electron chi connectivity index (χ0n) is 12.2. The van der Waals surface area contributed by atoms with Gasteiger partial charge in [0.2, 0.25) is 0 Å². The number of halogens is 4. The van der Waals surface area contributed by atoms with Crippen LogP contribution >= 0.6 is 27.5 Å². The van der Waals surface area contributed by atoms with Gasteiger partial charge in [0, 0.05) is 4.47 Å². The van der Waals surface area contributed by atoms with E-state index in [9.17, 15) is 8.78 Å². The highest BCUT2D eigenvalue weighted by Gasteiger charge is 2.40. The van der Waals surface area contributed by atoms with Crippen LogP contribution in [0.15, 0.2) is 51.9 Å². The molecule has 1 aliphatic heterocycles. The third-order valence-electron chi connectivity index (χ3n) is 3.66. The molecule has 0 saturated heterocycles. The first-order valence-corrected chi connectivity index (χ1v) is 8.07. The lowest BCUT2D eigenvalue weighted by atomic mass is 9.84. The van der Waals surface area contributed by atoms with Gasteiger partial charge in [0.1, 0.15) is 12.4 Å². The van der Waals surface area contributed by atoms with Gasteiger partial charge in [0.05, 0.1) is 5.02 Å². The first-order valence-electron chi connectivity index (χ1n) is 6.90. The number of ether oxygens (including phenoxy) is 2. The number of benzene rings is 2. The van der Waals surface area contributed by atoms with Crippen LogP contribution in [0.1, 0.15) is 11.1 Å². The maximum atomic E-state index is 12.4. The largest absolute Gasteiger partial charge is 0.462 e. The molecule has 0 aliphatic carbocycles. The predicted octanol–water partition coefficient (Wildman–Crippen LogP) is 4.29. The Kier molecular flexibility index (Phi) is 4.64. The van der Waals surface area contributed by atoms with Gasteiger partial charge < -0.3 is 15.2 Å². The molecule has 1 atom stereocenters. The van der Waals surface area contributed by atoms with E-state index >= 15 is 0 Å². The van der Waals surface area contributed by atoms with Gasteiger partial charge in [-0.1, -0.05) is 45.7 Å². The summed E-state index contributed by atoms with van der Waals surface area (Å²) in [4.78, 5) is 4.44. The van der Waals surface area contributed by atoms with Crippen LogP contribution in [0.3, 0.4) is 0 Å². The van der Waals surface area contributed by atoms with E-state index in [-0.39, 0.29) is 23.4 Å². The minimum absolute atomic E-state index is 0.0546. The third-order valence-corrected chi connectivity index (χ3v) is 4.45. The van der Waals surface area contributed by atoms with Crippen LogP contribution in [-0.4, -0.2) is 19.2 Å². The van der Waals surface area contributed by atoms with Crippen LogP contribution in [0.25, 0.3) is 0 Å². The second kappa shape index (κ2) is 6.57. The number of amidine groups is 1. The summed E-state index contributed by atoms with van der Waals surface area (Å²) in [6.45, 7) is -2.77. The van der Waals surface area contributed by atoms with Crippen molar-refractivity contribution in [2.45, 2.75) is 12.2 Å². The molecule has 0 saturated carbocycles. The molecular formula is C16H12BrClF2N2O2. The van der Waals surface area contributed by atoms with Crippen molar-refractivity contribution in [3.8, 4) is 5.75 Å². The SMILES string of the molecule is NC1=NC(c2cccc(Br)c2)(c2ccc(OC(F)F)c(Cl)c2)CO1. The summed E-state index contributed by atoms with van der Waals surface area (Å²) in [6, 6.07) is 12.1. The Morgan fingerprint density at radius 1 is 1.25 bits per heavy atom. The van der Waals surface area contributed by atoms with E-state index < -0.39 is 12.2 Å². The number of rotatable bonds is 4. The molecular weight excluding hydrogens is 406 g/mol. The Bertz CT molecular complexity index is 803. The molecule has 2 N–H and O–H groups in total. The van der Waals surface area contributed by atoms with Crippen molar-refractivity contribution >= 4 is 33.6 Å². The first kappa shape index (κ1) is 17.0. The minimum atomic E-state index is -2.95. The second-order valence-electron chi connectivity index (χ2n) is 5.13. The van der Waals surface area contributed by atoms with Gasteiger partial charge >= 0.3 is 6.61 Å². The topological polar surface area (TPSA) is 56.8 Å². The first-order chi connectivity index (χ1) is 11.4. The summed E-state index contributed by atoms with van der Waals surface area (Å²) in [6.07, 6.45) is 0. The molecule has 3 rings (SSSR count). The summed E-state index contributed by atoms with van der Waals surface area (Å²) in [5.41, 5.74) is 6.30. The van der Waals surface area contributed by atoms with Crippen LogP contribution < -0.4 is 10.5 Å². The van der Waals surface area contributed by atoms with Crippen molar-refractivity contribution in [2.24, 2.45) is 10.7 Å². The average molecular weight is 418 g/mol. The van der Waals surface area contributed by atoms with E-state index in [4.69, 9.17) is 22.1 Å². The molecule has 8 heteroatoms. The molecule has 126 valence electrons. The number of nitrogens with zero attached hydrogens (tertiary/aromatic N) is 1. The molecule has 24 heavy (non-hydrogen) atoms. The van der Waals surface area contributed by atoms with E-state index in [0.717, 1.165) is 10.0 Å². The van der Waals surface area contributed by atoms with Crippen LogP contribution in [-0.2, 0) is 10.3 Å². The predicted molar refractivity (Wildman–Crippen MR) is 90.6 cm³/mol. The number of nitrogens with two attached hydrogens (primary N) is 1. The number of hydrogen-bond acceptors (Lipinski definition) is 4. The second-order valence-corrected chi connectivity index (χ2v) is 6.46. The lowest BCUT2D eigenvalue weighted by molar-refractivity contribution is -0.0498. The summed E-state index contributed by atoms with van der Waals surface area (Å²) in [5.74, 6) is -0.101. The van der Waals surface area contributed by atoms with Crippen LogP contribution in [0.4, 0.5) is 8.78 Å². The van der Waals surface area contributed by atoms with E-state index in [0.29, 0.717) is 5.56 Å². The highest BCUT2D eigenvalue weighted by molar-refractivity contribution is 9.10. The van der Waals surface area contributed by atoms with Crippen molar-refractivity contribution in [3.63, 3.8) is 0 Å². The zero-order chi connectivity index (χ0) is 17.3. The maximum absolute atomic E-state index is 12.4. The maximum Gasteiger partial charge on any atom is 0.387 e. The van der Waals surface area contributed by atoms with Crippen molar-refractivity contribution in [2.75, 3.05) is 6.61 Å². The molecule has 0 amide bonds. The lowest BCUT2D eigenvalue weighted by Crippen LogP contribution is -2.27. The normalized spacial score (nSPS) is 20.0. The van der Waals surface area contributed by atoms with E-state index in [2.05, 4.69) is 25.7 Å². The van der Waals surface area contributed by atoms with Gasteiger partial charge in [-0.2, -0.15) is 8.78 Å². The monoisotopic (exact) mass is 416 g/mol. The average Bonchev–Trinajstić information content (AvgIpc) is 2.92. The summed E-state index contributed by atoms with van der Waals surface area (Å²) in [7, 11) is 0. The van der Waals surface area contributed by atoms with Crippen molar-refractivity contribution in [1.29, 1.82) is 0 Å². The lowest BCUT2D eigenvalue weighted by Gasteiger charge is -2.26. The number of hydrogen-bond donors (Lipinski definition) is 1. The highest BCUT2D eigenvalue weighted by atomic mass is 79.9. The molecule has 0 fully saturated rings. The molecule has 0 radical (unpaired) electrons. The molecule has 2 aromatic rings. The summed E-state index contributed by atoms with van der Waals surface area (Å²) >= 11 is 9.51. The van der Waals surface area contributed by atoms with E-state index in [1.54, 1.807) is 6.07 Å². The molecule has 1 unspecified atom stereocenters. The standard InChI is InChI=1S/C16H12BrClF2N2O2/c17-11-3-1-2-9(6-11)16(8-23-15(21)22-16)10-4-5-13(12(18)7-10)24-14(19)20/h1-7,14H,8H2,(H2,21,22). The smallest absolute Gasteiger partial charge is 0.387 e. The number of aliphatic imine (C=N–C) groups is 1. The van der Waals surface area contributed by atoms with Crippen molar-refractivity contribution in [1.82, 2.24) is 0 Å². The zero-order valence-corrected chi connectivity index (χ0v) is 14.5. The van der Waals surface area contributed by atoms with Gasteiger partial charge in [0.25, 0.3) is 6.02 Å². The third kappa shape index (κ3) is 3.18. The molecule has 0 aromatic heterocycles.